The number of nitrogens with two attached hydrogens (primary N) is 1. The van der Waals surface area contributed by atoms with Crippen molar-refractivity contribution in [1.29, 1.82) is 0 Å². The number of carbonyl (C=O) groups excluding carboxylic acids is 1. The molecule has 2 heterocycles. The molecule has 1 amide bonds. The molecule has 2 saturated heterocycles. The molecule has 0 aromatic rings. The minimum atomic E-state index is 0.0236. The largest absolute Gasteiger partial charge is 0.376 e. The Morgan fingerprint density at radius 1 is 1.53 bits per heavy atom. The van der Waals surface area contributed by atoms with E-state index in [1.807, 2.05) is 4.90 Å². The first-order valence-electron chi connectivity index (χ1n) is 5.50. The van der Waals surface area contributed by atoms with Crippen LogP contribution in [0.4, 0.5) is 0 Å². The van der Waals surface area contributed by atoms with E-state index in [2.05, 4.69) is 0 Å². The Morgan fingerprint density at radius 2 is 2.40 bits per heavy atom. The molecule has 0 spiro atoms. The second-order valence-corrected chi connectivity index (χ2v) is 4.09. The van der Waals surface area contributed by atoms with Gasteiger partial charge in [0.05, 0.1) is 18.8 Å². The lowest BCUT2D eigenvalue weighted by Crippen LogP contribution is -2.54. The second kappa shape index (κ2) is 4.92. The number of rotatable bonds is 3. The van der Waals surface area contributed by atoms with Gasteiger partial charge in [0, 0.05) is 19.7 Å². The van der Waals surface area contributed by atoms with Crippen LogP contribution in [-0.4, -0.2) is 55.9 Å². The van der Waals surface area contributed by atoms with Crippen LogP contribution >= 0.6 is 0 Å². The smallest absolute Gasteiger partial charge is 0.249 e. The van der Waals surface area contributed by atoms with Gasteiger partial charge in [-0.2, -0.15) is 0 Å². The van der Waals surface area contributed by atoms with Gasteiger partial charge < -0.3 is 20.1 Å². The SMILES string of the molecule is NCC1COCC(=O)N1CC1CCCO1. The van der Waals surface area contributed by atoms with Crippen LogP contribution in [0.15, 0.2) is 0 Å². The van der Waals surface area contributed by atoms with E-state index in [1.165, 1.54) is 0 Å². The first kappa shape index (κ1) is 10.9. The molecular formula is C10H18N2O3. The molecule has 15 heavy (non-hydrogen) atoms. The normalized spacial score (nSPS) is 32.3. The van der Waals surface area contributed by atoms with Gasteiger partial charge >= 0.3 is 0 Å². The standard InChI is InChI=1S/C10H18N2O3/c11-4-8-6-14-7-10(13)12(8)5-9-2-1-3-15-9/h8-9H,1-7,11H2. The third-order valence-electron chi connectivity index (χ3n) is 2.99. The van der Waals surface area contributed by atoms with Crippen molar-refractivity contribution in [3.63, 3.8) is 0 Å². The van der Waals surface area contributed by atoms with Crippen molar-refractivity contribution in [3.8, 4) is 0 Å². The third-order valence-corrected chi connectivity index (χ3v) is 2.99. The number of amides is 1. The van der Waals surface area contributed by atoms with E-state index in [9.17, 15) is 4.79 Å². The van der Waals surface area contributed by atoms with Gasteiger partial charge in [0.1, 0.15) is 6.61 Å². The summed E-state index contributed by atoms with van der Waals surface area (Å²) >= 11 is 0. The van der Waals surface area contributed by atoms with Crippen LogP contribution in [0.3, 0.4) is 0 Å². The second-order valence-electron chi connectivity index (χ2n) is 4.09. The molecule has 2 atom stereocenters. The molecule has 0 radical (unpaired) electrons. The number of carbonyl (C=O) groups is 1. The summed E-state index contributed by atoms with van der Waals surface area (Å²) in [6.45, 7) is 2.68. The lowest BCUT2D eigenvalue weighted by Gasteiger charge is -2.36. The van der Waals surface area contributed by atoms with Crippen molar-refractivity contribution in [3.05, 3.63) is 0 Å². The Labute approximate surface area is 89.5 Å². The van der Waals surface area contributed by atoms with Crippen LogP contribution in [-0.2, 0) is 14.3 Å². The predicted molar refractivity (Wildman–Crippen MR) is 54.3 cm³/mol. The van der Waals surface area contributed by atoms with Gasteiger partial charge in [-0.3, -0.25) is 4.79 Å². The maximum absolute atomic E-state index is 11.6. The van der Waals surface area contributed by atoms with Gasteiger partial charge in [-0.05, 0) is 12.8 Å². The van der Waals surface area contributed by atoms with E-state index >= 15 is 0 Å². The Kier molecular flexibility index (Phi) is 3.56. The molecule has 0 aliphatic carbocycles. The summed E-state index contributed by atoms with van der Waals surface area (Å²) in [7, 11) is 0. The van der Waals surface area contributed by atoms with Crippen molar-refractivity contribution in [1.82, 2.24) is 4.90 Å². The molecular weight excluding hydrogens is 196 g/mol. The van der Waals surface area contributed by atoms with Gasteiger partial charge in [-0.15, -0.1) is 0 Å². The molecule has 86 valence electrons. The summed E-state index contributed by atoms with van der Waals surface area (Å²) in [5.41, 5.74) is 5.62. The monoisotopic (exact) mass is 214 g/mol. The highest BCUT2D eigenvalue weighted by molar-refractivity contribution is 5.78. The Bertz CT molecular complexity index is 229. The zero-order chi connectivity index (χ0) is 10.7. The average Bonchev–Trinajstić information content (AvgIpc) is 2.74. The summed E-state index contributed by atoms with van der Waals surface area (Å²) in [5, 5.41) is 0. The fourth-order valence-corrected chi connectivity index (χ4v) is 2.11. The van der Waals surface area contributed by atoms with Crippen molar-refractivity contribution >= 4 is 5.91 Å². The molecule has 0 aromatic heterocycles. The maximum Gasteiger partial charge on any atom is 0.249 e. The number of hydrogen-bond acceptors (Lipinski definition) is 4. The van der Waals surface area contributed by atoms with E-state index in [0.29, 0.717) is 19.7 Å². The molecule has 5 nitrogen and oxygen atoms in total. The van der Waals surface area contributed by atoms with Crippen LogP contribution in [0.1, 0.15) is 12.8 Å². The number of nitrogens with zero attached hydrogens (tertiary/aromatic N) is 1. The summed E-state index contributed by atoms with van der Waals surface area (Å²) in [6, 6.07) is 0.0236. The first-order valence-corrected chi connectivity index (χ1v) is 5.50. The summed E-state index contributed by atoms with van der Waals surface area (Å²) in [5.74, 6) is 0.0344. The van der Waals surface area contributed by atoms with E-state index in [-0.39, 0.29) is 24.7 Å². The highest BCUT2D eigenvalue weighted by Crippen LogP contribution is 2.16. The Balaban J connectivity index is 1.93. The number of ether oxygens (including phenoxy) is 2. The molecule has 2 N–H and O–H groups in total. The van der Waals surface area contributed by atoms with Crippen LogP contribution in [0.2, 0.25) is 0 Å². The molecule has 5 heteroatoms. The van der Waals surface area contributed by atoms with Gasteiger partial charge in [-0.25, -0.2) is 0 Å². The van der Waals surface area contributed by atoms with Crippen molar-refractivity contribution in [2.45, 2.75) is 25.0 Å². The van der Waals surface area contributed by atoms with Crippen LogP contribution in [0.5, 0.6) is 0 Å². The van der Waals surface area contributed by atoms with Gasteiger partial charge in [0.25, 0.3) is 0 Å². The van der Waals surface area contributed by atoms with Gasteiger partial charge in [-0.1, -0.05) is 0 Å². The lowest BCUT2D eigenvalue weighted by atomic mass is 10.1. The van der Waals surface area contributed by atoms with Crippen molar-refractivity contribution in [2.75, 3.05) is 32.9 Å². The summed E-state index contributed by atoms with van der Waals surface area (Å²) in [4.78, 5) is 13.5. The average molecular weight is 214 g/mol. The number of hydrogen-bond donors (Lipinski definition) is 1. The topological polar surface area (TPSA) is 64.8 Å². The summed E-state index contributed by atoms with van der Waals surface area (Å²) in [6.07, 6.45) is 2.33. The molecule has 0 bridgehead atoms. The van der Waals surface area contributed by atoms with Crippen LogP contribution in [0.25, 0.3) is 0 Å². The van der Waals surface area contributed by atoms with Crippen LogP contribution < -0.4 is 5.73 Å². The quantitative estimate of drug-likeness (QED) is 0.678. The van der Waals surface area contributed by atoms with E-state index in [1.54, 1.807) is 0 Å². The molecule has 0 saturated carbocycles. The van der Waals surface area contributed by atoms with E-state index in [4.69, 9.17) is 15.2 Å². The maximum atomic E-state index is 11.6. The number of morpholine rings is 1. The van der Waals surface area contributed by atoms with Gasteiger partial charge in [0.15, 0.2) is 0 Å². The van der Waals surface area contributed by atoms with Gasteiger partial charge in [0.2, 0.25) is 5.91 Å². The van der Waals surface area contributed by atoms with Crippen molar-refractivity contribution in [2.24, 2.45) is 5.73 Å². The van der Waals surface area contributed by atoms with E-state index < -0.39 is 0 Å². The zero-order valence-electron chi connectivity index (χ0n) is 8.85. The third kappa shape index (κ3) is 2.48. The molecule has 2 aliphatic heterocycles. The lowest BCUT2D eigenvalue weighted by molar-refractivity contribution is -0.149. The van der Waals surface area contributed by atoms with E-state index in [0.717, 1.165) is 19.4 Å². The Morgan fingerprint density at radius 3 is 3.07 bits per heavy atom. The fourth-order valence-electron chi connectivity index (χ4n) is 2.11. The zero-order valence-corrected chi connectivity index (χ0v) is 8.85. The molecule has 2 fully saturated rings. The summed E-state index contributed by atoms with van der Waals surface area (Å²) < 4.78 is 10.7. The predicted octanol–water partition coefficient (Wildman–Crippen LogP) is -0.649. The minimum absolute atomic E-state index is 0.0236. The highest BCUT2D eigenvalue weighted by atomic mass is 16.5. The molecule has 2 unspecified atom stereocenters. The fraction of sp³-hybridized carbons (Fsp3) is 0.900. The van der Waals surface area contributed by atoms with Crippen molar-refractivity contribution < 1.29 is 14.3 Å². The minimum Gasteiger partial charge on any atom is -0.376 e. The molecule has 2 aliphatic rings. The Hall–Kier alpha value is -0.650. The van der Waals surface area contributed by atoms with Crippen LogP contribution in [0, 0.1) is 0 Å². The first-order chi connectivity index (χ1) is 7.31. The highest BCUT2D eigenvalue weighted by Gasteiger charge is 2.30. The molecule has 0 aromatic carbocycles. The molecule has 2 rings (SSSR count).